The third kappa shape index (κ3) is 12.1. The van der Waals surface area contributed by atoms with E-state index in [-0.39, 0.29) is 12.5 Å². The van der Waals surface area contributed by atoms with Crippen molar-refractivity contribution in [3.63, 3.8) is 0 Å². The number of hydrogen-bond acceptors (Lipinski definition) is 7. The van der Waals surface area contributed by atoms with Crippen LogP contribution in [0.5, 0.6) is 23.0 Å². The van der Waals surface area contributed by atoms with Gasteiger partial charge in [-0.05, 0) is 78.3 Å². The Labute approximate surface area is 248 Å². The van der Waals surface area contributed by atoms with Gasteiger partial charge < -0.3 is 33.5 Å². The van der Waals surface area contributed by atoms with E-state index < -0.39 is 0 Å². The molecule has 0 spiro atoms. The third-order valence-electron chi connectivity index (χ3n) is 7.93. The van der Waals surface area contributed by atoms with Crippen LogP contribution >= 0.6 is 0 Å². The minimum atomic E-state index is 0.159. The van der Waals surface area contributed by atoms with Gasteiger partial charge >= 0.3 is 0 Å². The first-order valence-electron chi connectivity index (χ1n) is 15.0. The van der Waals surface area contributed by atoms with Gasteiger partial charge in [-0.15, -0.1) is 0 Å². The highest BCUT2D eigenvalue weighted by Gasteiger charge is 2.22. The Morgan fingerprint density at radius 1 is 0.610 bits per heavy atom. The SMILES string of the molecule is COCCCOc1cc(CC(CCC(C)C(CO)Cc2ccc(OC)c(OCCCOC)c2)C(C)C)ccc1OC. The smallest absolute Gasteiger partial charge is 0.161 e. The minimum Gasteiger partial charge on any atom is -0.493 e. The molecule has 0 aliphatic heterocycles. The highest BCUT2D eigenvalue weighted by Crippen LogP contribution is 2.34. The molecule has 232 valence electrons. The Morgan fingerprint density at radius 3 is 1.51 bits per heavy atom. The molecule has 1 N–H and O–H groups in total. The van der Waals surface area contributed by atoms with Gasteiger partial charge in [-0.3, -0.25) is 0 Å². The zero-order chi connectivity index (χ0) is 30.0. The predicted octanol–water partition coefficient (Wildman–Crippen LogP) is 6.62. The molecule has 0 amide bonds. The van der Waals surface area contributed by atoms with Crippen LogP contribution in [0.15, 0.2) is 36.4 Å². The summed E-state index contributed by atoms with van der Waals surface area (Å²) >= 11 is 0. The van der Waals surface area contributed by atoms with Crippen molar-refractivity contribution < 1.29 is 33.5 Å². The molecule has 41 heavy (non-hydrogen) atoms. The van der Waals surface area contributed by atoms with Gasteiger partial charge in [0.1, 0.15) is 0 Å². The first-order chi connectivity index (χ1) is 19.9. The molecule has 3 atom stereocenters. The lowest BCUT2D eigenvalue weighted by Crippen LogP contribution is -2.21. The van der Waals surface area contributed by atoms with Crippen LogP contribution in [0.4, 0.5) is 0 Å². The van der Waals surface area contributed by atoms with E-state index in [0.717, 1.165) is 67.1 Å². The van der Waals surface area contributed by atoms with Crippen LogP contribution in [-0.4, -0.2) is 66.6 Å². The normalized spacial score (nSPS) is 13.6. The lowest BCUT2D eigenvalue weighted by Gasteiger charge is -2.27. The van der Waals surface area contributed by atoms with Gasteiger partial charge in [0, 0.05) is 46.9 Å². The zero-order valence-electron chi connectivity index (χ0n) is 26.4. The quantitative estimate of drug-likeness (QED) is 0.159. The monoisotopic (exact) mass is 574 g/mol. The summed E-state index contributed by atoms with van der Waals surface area (Å²) in [4.78, 5) is 0. The van der Waals surface area contributed by atoms with E-state index in [2.05, 4.69) is 45.0 Å². The predicted molar refractivity (Wildman–Crippen MR) is 165 cm³/mol. The topological polar surface area (TPSA) is 75.6 Å². The maximum absolute atomic E-state index is 10.3. The molecule has 0 bridgehead atoms. The van der Waals surface area contributed by atoms with Crippen molar-refractivity contribution in [2.24, 2.45) is 23.7 Å². The summed E-state index contributed by atoms with van der Waals surface area (Å²) in [6.45, 7) is 9.52. The third-order valence-corrected chi connectivity index (χ3v) is 7.93. The fraction of sp³-hybridized carbons (Fsp3) is 0.647. The molecular formula is C34H54O7. The number of aliphatic hydroxyl groups excluding tert-OH is 1. The second-order valence-electron chi connectivity index (χ2n) is 11.3. The molecule has 0 heterocycles. The fourth-order valence-electron chi connectivity index (χ4n) is 5.13. The maximum atomic E-state index is 10.3. The number of rotatable bonds is 22. The zero-order valence-corrected chi connectivity index (χ0v) is 26.4. The van der Waals surface area contributed by atoms with Crippen molar-refractivity contribution in [2.45, 2.75) is 59.3 Å². The molecule has 0 aromatic heterocycles. The summed E-state index contributed by atoms with van der Waals surface area (Å²) in [5, 5.41) is 10.3. The lowest BCUT2D eigenvalue weighted by molar-refractivity contribution is 0.166. The van der Waals surface area contributed by atoms with Crippen molar-refractivity contribution in [3.05, 3.63) is 47.5 Å². The summed E-state index contributed by atoms with van der Waals surface area (Å²) < 4.78 is 33.3. The highest BCUT2D eigenvalue weighted by atomic mass is 16.5. The fourth-order valence-corrected chi connectivity index (χ4v) is 5.13. The van der Waals surface area contributed by atoms with Gasteiger partial charge in [0.2, 0.25) is 0 Å². The molecule has 2 rings (SSSR count). The van der Waals surface area contributed by atoms with Crippen LogP contribution in [0.2, 0.25) is 0 Å². The van der Waals surface area contributed by atoms with Gasteiger partial charge in [-0.2, -0.15) is 0 Å². The molecule has 0 aliphatic rings. The summed E-state index contributed by atoms with van der Waals surface area (Å²) in [7, 11) is 6.73. The molecule has 0 saturated carbocycles. The van der Waals surface area contributed by atoms with E-state index in [1.807, 2.05) is 12.1 Å². The number of hydrogen-bond donors (Lipinski definition) is 1. The van der Waals surface area contributed by atoms with Gasteiger partial charge in [-0.25, -0.2) is 0 Å². The largest absolute Gasteiger partial charge is 0.493 e. The number of aliphatic hydroxyl groups is 1. The molecular weight excluding hydrogens is 520 g/mol. The van der Waals surface area contributed by atoms with Crippen LogP contribution in [0.1, 0.15) is 57.6 Å². The van der Waals surface area contributed by atoms with E-state index in [1.165, 1.54) is 5.56 Å². The first kappa shape index (κ1) is 34.7. The van der Waals surface area contributed by atoms with Gasteiger partial charge in [0.05, 0.1) is 27.4 Å². The number of ether oxygens (including phenoxy) is 6. The average molecular weight is 575 g/mol. The van der Waals surface area contributed by atoms with Crippen molar-refractivity contribution >= 4 is 0 Å². The molecule has 2 aromatic rings. The summed E-state index contributed by atoms with van der Waals surface area (Å²) in [5.41, 5.74) is 2.41. The summed E-state index contributed by atoms with van der Waals surface area (Å²) in [6.07, 6.45) is 5.58. The van der Waals surface area contributed by atoms with Crippen molar-refractivity contribution in [1.29, 1.82) is 0 Å². The molecule has 3 unspecified atom stereocenters. The second-order valence-corrected chi connectivity index (χ2v) is 11.3. The Hall–Kier alpha value is -2.48. The van der Waals surface area contributed by atoms with Gasteiger partial charge in [-0.1, -0.05) is 39.3 Å². The lowest BCUT2D eigenvalue weighted by atomic mass is 9.79. The van der Waals surface area contributed by atoms with Crippen molar-refractivity contribution in [3.8, 4) is 23.0 Å². The molecule has 2 aromatic carbocycles. The minimum absolute atomic E-state index is 0.159. The standard InChI is InChI=1S/C34H54O7/c1-25(2)29(20-27-11-14-31(38-6)33(22-27)40-18-8-16-36-4)13-10-26(3)30(24-35)21-28-12-15-32(39-7)34(23-28)41-19-9-17-37-5/h11-12,14-15,22-23,25-26,29-30,35H,8-10,13,16-21,24H2,1-7H3. The van der Waals surface area contributed by atoms with Crippen LogP contribution in [-0.2, 0) is 22.3 Å². The summed E-state index contributed by atoms with van der Waals surface area (Å²) in [6, 6.07) is 12.4. The van der Waals surface area contributed by atoms with Crippen molar-refractivity contribution in [1.82, 2.24) is 0 Å². The van der Waals surface area contributed by atoms with E-state index in [0.29, 0.717) is 44.2 Å². The van der Waals surface area contributed by atoms with Crippen LogP contribution in [0, 0.1) is 23.7 Å². The number of methoxy groups -OCH3 is 4. The Bertz CT molecular complexity index is 978. The maximum Gasteiger partial charge on any atom is 0.161 e. The Kier molecular flexibility index (Phi) is 16.6. The molecule has 7 nitrogen and oxygen atoms in total. The van der Waals surface area contributed by atoms with Gasteiger partial charge in [0.15, 0.2) is 23.0 Å². The Balaban J connectivity index is 2.01. The molecule has 0 fully saturated rings. The average Bonchev–Trinajstić information content (AvgIpc) is 2.98. The van der Waals surface area contributed by atoms with Crippen LogP contribution in [0.3, 0.4) is 0 Å². The summed E-state index contributed by atoms with van der Waals surface area (Å²) in [5.74, 6) is 4.64. The van der Waals surface area contributed by atoms with E-state index in [4.69, 9.17) is 28.4 Å². The highest BCUT2D eigenvalue weighted by molar-refractivity contribution is 5.44. The van der Waals surface area contributed by atoms with Crippen LogP contribution in [0.25, 0.3) is 0 Å². The molecule has 0 aliphatic carbocycles. The van der Waals surface area contributed by atoms with E-state index in [1.54, 1.807) is 28.4 Å². The second kappa shape index (κ2) is 19.6. The molecule has 0 saturated heterocycles. The van der Waals surface area contributed by atoms with Crippen molar-refractivity contribution in [2.75, 3.05) is 61.5 Å². The Morgan fingerprint density at radius 2 is 1.10 bits per heavy atom. The number of benzene rings is 2. The van der Waals surface area contributed by atoms with Gasteiger partial charge in [0.25, 0.3) is 0 Å². The van der Waals surface area contributed by atoms with E-state index in [9.17, 15) is 5.11 Å². The van der Waals surface area contributed by atoms with Crippen LogP contribution < -0.4 is 18.9 Å². The molecule has 7 heteroatoms. The first-order valence-corrected chi connectivity index (χ1v) is 15.0. The molecule has 0 radical (unpaired) electrons. The van der Waals surface area contributed by atoms with E-state index >= 15 is 0 Å².